The number of benzene rings is 1. The molecule has 2 aromatic rings. The van der Waals surface area contributed by atoms with Crippen molar-refractivity contribution in [3.8, 4) is 0 Å². The van der Waals surface area contributed by atoms with Crippen molar-refractivity contribution in [3.63, 3.8) is 0 Å². The molecule has 1 aliphatic heterocycles. The van der Waals surface area contributed by atoms with E-state index in [0.29, 0.717) is 15.9 Å². The second-order valence-electron chi connectivity index (χ2n) is 5.85. The molecular weight excluding hydrogens is 372 g/mol. The van der Waals surface area contributed by atoms with E-state index in [1.54, 1.807) is 36.4 Å². The van der Waals surface area contributed by atoms with Crippen LogP contribution in [0.15, 0.2) is 45.5 Å². The molecule has 5 nitrogen and oxygen atoms in total. The monoisotopic (exact) mass is 390 g/mol. The van der Waals surface area contributed by atoms with Crippen LogP contribution in [0.4, 0.5) is 5.69 Å². The molecule has 6 heteroatoms. The topological polar surface area (TPSA) is 62.6 Å². The number of carbonyl (C=O) groups excluding carboxylic acids is 2. The van der Waals surface area contributed by atoms with E-state index >= 15 is 0 Å². The van der Waals surface area contributed by atoms with E-state index in [1.807, 2.05) is 4.90 Å². The number of furan rings is 1. The van der Waals surface area contributed by atoms with Gasteiger partial charge < -0.3 is 14.6 Å². The minimum absolute atomic E-state index is 0.0220. The van der Waals surface area contributed by atoms with E-state index in [1.165, 1.54) is 12.8 Å². The van der Waals surface area contributed by atoms with Crippen molar-refractivity contribution in [3.05, 3.63) is 52.4 Å². The molecule has 0 spiro atoms. The van der Waals surface area contributed by atoms with Gasteiger partial charge in [-0.25, -0.2) is 0 Å². The number of hydrogen-bond donors (Lipinski definition) is 1. The number of anilines is 1. The van der Waals surface area contributed by atoms with Gasteiger partial charge in [0, 0.05) is 24.3 Å². The number of hydrogen-bond acceptors (Lipinski definition) is 3. The number of halogens is 1. The minimum Gasteiger partial charge on any atom is -0.444 e. The van der Waals surface area contributed by atoms with Crippen molar-refractivity contribution in [2.45, 2.75) is 25.7 Å². The summed E-state index contributed by atoms with van der Waals surface area (Å²) in [6.45, 7) is 1.60. The molecule has 1 aromatic carbocycles. The number of rotatable bonds is 3. The van der Waals surface area contributed by atoms with E-state index < -0.39 is 0 Å². The van der Waals surface area contributed by atoms with Gasteiger partial charge in [0.15, 0.2) is 10.4 Å². The highest BCUT2D eigenvalue weighted by Gasteiger charge is 2.18. The molecule has 1 N–H and O–H groups in total. The van der Waals surface area contributed by atoms with Crippen LogP contribution in [0, 0.1) is 0 Å². The maximum absolute atomic E-state index is 12.7. The third-order valence-corrected chi connectivity index (χ3v) is 4.48. The van der Waals surface area contributed by atoms with Crippen LogP contribution in [0.25, 0.3) is 0 Å². The van der Waals surface area contributed by atoms with E-state index in [-0.39, 0.29) is 17.6 Å². The van der Waals surface area contributed by atoms with E-state index in [4.69, 9.17) is 4.42 Å². The summed E-state index contributed by atoms with van der Waals surface area (Å²) >= 11 is 3.17. The SMILES string of the molecule is O=C(Nc1cccc(C(=O)N2CCCCCC2)c1)c1ccc(Br)o1. The fourth-order valence-corrected chi connectivity index (χ4v) is 3.12. The molecule has 0 saturated carbocycles. The number of carbonyl (C=O) groups is 2. The Kier molecular flexibility index (Phi) is 5.35. The lowest BCUT2D eigenvalue weighted by Gasteiger charge is -2.20. The van der Waals surface area contributed by atoms with Crippen molar-refractivity contribution in [2.24, 2.45) is 0 Å². The molecule has 1 aliphatic rings. The molecule has 0 atom stereocenters. The predicted octanol–water partition coefficient (Wildman–Crippen LogP) is 4.31. The first-order chi connectivity index (χ1) is 11.6. The highest BCUT2D eigenvalue weighted by Crippen LogP contribution is 2.19. The molecule has 0 aliphatic carbocycles. The van der Waals surface area contributed by atoms with Gasteiger partial charge in [0.25, 0.3) is 11.8 Å². The van der Waals surface area contributed by atoms with Gasteiger partial charge >= 0.3 is 0 Å². The number of nitrogens with one attached hydrogen (secondary N) is 1. The summed E-state index contributed by atoms with van der Waals surface area (Å²) in [4.78, 5) is 26.7. The molecule has 3 rings (SSSR count). The van der Waals surface area contributed by atoms with Gasteiger partial charge in [0.2, 0.25) is 0 Å². The second-order valence-corrected chi connectivity index (χ2v) is 6.63. The zero-order valence-corrected chi connectivity index (χ0v) is 14.8. The Morgan fingerprint density at radius 3 is 2.46 bits per heavy atom. The molecule has 126 valence electrons. The lowest BCUT2D eigenvalue weighted by atomic mass is 10.1. The number of likely N-dealkylation sites (tertiary alicyclic amines) is 1. The van der Waals surface area contributed by atoms with Gasteiger partial charge in [-0.05, 0) is 59.1 Å². The van der Waals surface area contributed by atoms with Crippen molar-refractivity contribution in [1.82, 2.24) is 4.90 Å². The molecule has 0 bridgehead atoms. The average Bonchev–Trinajstić information content (AvgIpc) is 2.85. The summed E-state index contributed by atoms with van der Waals surface area (Å²) in [5.74, 6) is -0.111. The van der Waals surface area contributed by atoms with Gasteiger partial charge in [-0.3, -0.25) is 9.59 Å². The van der Waals surface area contributed by atoms with Crippen molar-refractivity contribution < 1.29 is 14.0 Å². The summed E-state index contributed by atoms with van der Waals surface area (Å²) < 4.78 is 5.73. The van der Waals surface area contributed by atoms with Crippen molar-refractivity contribution in [1.29, 1.82) is 0 Å². The van der Waals surface area contributed by atoms with Gasteiger partial charge in [0.1, 0.15) is 0 Å². The van der Waals surface area contributed by atoms with Gasteiger partial charge in [-0.2, -0.15) is 0 Å². The standard InChI is InChI=1S/C18H19BrN2O3/c19-16-9-8-15(24-16)17(22)20-14-7-5-6-13(12-14)18(23)21-10-3-1-2-4-11-21/h5-9,12H,1-4,10-11H2,(H,20,22). The van der Waals surface area contributed by atoms with Crippen molar-refractivity contribution in [2.75, 3.05) is 18.4 Å². The third kappa shape index (κ3) is 4.06. The minimum atomic E-state index is -0.347. The molecule has 24 heavy (non-hydrogen) atoms. The second kappa shape index (κ2) is 7.66. The first-order valence-corrected chi connectivity index (χ1v) is 8.89. The third-order valence-electron chi connectivity index (χ3n) is 4.06. The van der Waals surface area contributed by atoms with Crippen LogP contribution < -0.4 is 5.32 Å². The fourth-order valence-electron chi connectivity index (χ4n) is 2.82. The molecule has 2 heterocycles. The number of amides is 2. The molecule has 0 unspecified atom stereocenters. The Hall–Kier alpha value is -2.08. The smallest absolute Gasteiger partial charge is 0.291 e. The largest absolute Gasteiger partial charge is 0.444 e. The summed E-state index contributed by atoms with van der Waals surface area (Å²) in [5, 5.41) is 2.76. The Morgan fingerprint density at radius 2 is 1.79 bits per heavy atom. The van der Waals surface area contributed by atoms with E-state index in [2.05, 4.69) is 21.2 Å². The molecule has 1 aromatic heterocycles. The Bertz CT molecular complexity index is 733. The molecule has 1 saturated heterocycles. The van der Waals surface area contributed by atoms with E-state index in [0.717, 1.165) is 25.9 Å². The van der Waals surface area contributed by atoms with Crippen LogP contribution >= 0.6 is 15.9 Å². The van der Waals surface area contributed by atoms with Crippen LogP contribution in [0.3, 0.4) is 0 Å². The quantitative estimate of drug-likeness (QED) is 0.848. The Balaban J connectivity index is 1.71. The molecular formula is C18H19BrN2O3. The van der Waals surface area contributed by atoms with Crippen LogP contribution in [0.5, 0.6) is 0 Å². The van der Waals surface area contributed by atoms with Crippen LogP contribution in [0.1, 0.15) is 46.6 Å². The zero-order valence-electron chi connectivity index (χ0n) is 13.3. The lowest BCUT2D eigenvalue weighted by Crippen LogP contribution is -2.31. The average molecular weight is 391 g/mol. The Labute approximate surface area is 149 Å². The van der Waals surface area contributed by atoms with Gasteiger partial charge in [-0.1, -0.05) is 18.9 Å². The van der Waals surface area contributed by atoms with E-state index in [9.17, 15) is 9.59 Å². The highest BCUT2D eigenvalue weighted by atomic mass is 79.9. The Morgan fingerprint density at radius 1 is 1.04 bits per heavy atom. The predicted molar refractivity (Wildman–Crippen MR) is 95.2 cm³/mol. The summed E-state index contributed by atoms with van der Waals surface area (Å²) in [6, 6.07) is 10.3. The number of nitrogens with zero attached hydrogens (tertiary/aromatic N) is 1. The summed E-state index contributed by atoms with van der Waals surface area (Å²) in [5.41, 5.74) is 1.17. The maximum Gasteiger partial charge on any atom is 0.291 e. The highest BCUT2D eigenvalue weighted by molar-refractivity contribution is 9.10. The summed E-state index contributed by atoms with van der Waals surface area (Å²) in [7, 11) is 0. The molecule has 1 fully saturated rings. The normalized spacial score (nSPS) is 15.0. The maximum atomic E-state index is 12.7. The van der Waals surface area contributed by atoms with Gasteiger partial charge in [0.05, 0.1) is 0 Å². The first kappa shape index (κ1) is 16.8. The van der Waals surface area contributed by atoms with Crippen molar-refractivity contribution >= 4 is 33.4 Å². The zero-order chi connectivity index (χ0) is 16.9. The first-order valence-electron chi connectivity index (χ1n) is 8.09. The fraction of sp³-hybridized carbons (Fsp3) is 0.333. The van der Waals surface area contributed by atoms with Crippen LogP contribution in [0.2, 0.25) is 0 Å². The summed E-state index contributed by atoms with van der Waals surface area (Å²) in [6.07, 6.45) is 4.46. The molecule has 0 radical (unpaired) electrons. The van der Waals surface area contributed by atoms with Crippen LogP contribution in [-0.4, -0.2) is 29.8 Å². The molecule has 2 amide bonds. The lowest BCUT2D eigenvalue weighted by molar-refractivity contribution is 0.0761. The van der Waals surface area contributed by atoms with Crippen LogP contribution in [-0.2, 0) is 0 Å². The van der Waals surface area contributed by atoms with Gasteiger partial charge in [-0.15, -0.1) is 0 Å².